The smallest absolute Gasteiger partial charge is 0.226 e. The van der Waals surface area contributed by atoms with E-state index < -0.39 is 0 Å². The van der Waals surface area contributed by atoms with Gasteiger partial charge in [0.25, 0.3) is 0 Å². The molecule has 0 fully saturated rings. The maximum Gasteiger partial charge on any atom is 0.226 e. The van der Waals surface area contributed by atoms with Gasteiger partial charge in [-0.2, -0.15) is 0 Å². The fourth-order valence-corrected chi connectivity index (χ4v) is 2.59. The lowest BCUT2D eigenvalue weighted by Crippen LogP contribution is -2.16. The van der Waals surface area contributed by atoms with E-state index in [4.69, 9.17) is 0 Å². The number of anilines is 2. The molecular weight excluding hydrogens is 340 g/mol. The second-order valence-corrected chi connectivity index (χ2v) is 6.31. The fourth-order valence-electron chi connectivity index (χ4n) is 2.34. The fraction of sp³-hybridized carbons (Fsp3) is 0.278. The van der Waals surface area contributed by atoms with Crippen molar-refractivity contribution >= 4 is 33.2 Å². The largest absolute Gasteiger partial charge is 0.384 e. The van der Waals surface area contributed by atoms with Gasteiger partial charge in [0, 0.05) is 28.8 Å². The lowest BCUT2D eigenvalue weighted by atomic mass is 10.1. The summed E-state index contributed by atoms with van der Waals surface area (Å²) in [5.74, 6) is 0.0143. The summed E-state index contributed by atoms with van der Waals surface area (Å²) < 4.78 is 1.04. The molecule has 2 aromatic carbocycles. The molecular formula is C18H21BrN2O. The van der Waals surface area contributed by atoms with E-state index in [1.54, 1.807) is 0 Å². The zero-order chi connectivity index (χ0) is 16.1. The monoisotopic (exact) mass is 360 g/mol. The van der Waals surface area contributed by atoms with E-state index in [0.29, 0.717) is 13.0 Å². The first kappa shape index (κ1) is 16.6. The third-order valence-corrected chi connectivity index (χ3v) is 4.47. The van der Waals surface area contributed by atoms with Crippen molar-refractivity contribution in [1.29, 1.82) is 0 Å². The molecule has 0 aliphatic carbocycles. The van der Waals surface area contributed by atoms with Gasteiger partial charge in [-0.15, -0.1) is 0 Å². The first-order valence-corrected chi connectivity index (χ1v) is 8.13. The van der Waals surface area contributed by atoms with Gasteiger partial charge in [-0.25, -0.2) is 0 Å². The van der Waals surface area contributed by atoms with Crippen LogP contribution in [0.15, 0.2) is 40.9 Å². The summed E-state index contributed by atoms with van der Waals surface area (Å²) in [5, 5.41) is 6.28. The van der Waals surface area contributed by atoms with Crippen molar-refractivity contribution in [2.45, 2.75) is 27.2 Å². The minimum absolute atomic E-state index is 0.0143. The number of benzene rings is 2. The first-order chi connectivity index (χ1) is 10.5. The van der Waals surface area contributed by atoms with E-state index in [1.807, 2.05) is 31.2 Å². The standard InChI is InChI=1S/C18H21BrN2O/c1-12-5-4-6-13(2)18(12)20-10-9-17(22)21-15-7-8-16(19)14(3)11-15/h4-8,11,20H,9-10H2,1-3H3,(H,21,22). The van der Waals surface area contributed by atoms with Gasteiger partial charge in [0.2, 0.25) is 5.91 Å². The van der Waals surface area contributed by atoms with E-state index >= 15 is 0 Å². The van der Waals surface area contributed by atoms with Crippen molar-refractivity contribution in [1.82, 2.24) is 0 Å². The molecule has 2 aromatic rings. The highest BCUT2D eigenvalue weighted by Gasteiger charge is 2.05. The number of amides is 1. The molecule has 1 amide bonds. The first-order valence-electron chi connectivity index (χ1n) is 7.33. The number of para-hydroxylation sites is 1. The number of carbonyl (C=O) groups excluding carboxylic acids is 1. The van der Waals surface area contributed by atoms with Crippen LogP contribution in [0.2, 0.25) is 0 Å². The average molecular weight is 361 g/mol. The summed E-state index contributed by atoms with van der Waals surface area (Å²) >= 11 is 3.45. The van der Waals surface area contributed by atoms with Crippen LogP contribution in [-0.4, -0.2) is 12.5 Å². The molecule has 3 nitrogen and oxygen atoms in total. The van der Waals surface area contributed by atoms with Gasteiger partial charge in [-0.05, 0) is 55.7 Å². The van der Waals surface area contributed by atoms with Crippen LogP contribution in [0.5, 0.6) is 0 Å². The topological polar surface area (TPSA) is 41.1 Å². The maximum absolute atomic E-state index is 12.0. The maximum atomic E-state index is 12.0. The van der Waals surface area contributed by atoms with Gasteiger partial charge in [0.15, 0.2) is 0 Å². The predicted molar refractivity (Wildman–Crippen MR) is 96.5 cm³/mol. The molecule has 4 heteroatoms. The molecule has 0 saturated heterocycles. The van der Waals surface area contributed by atoms with Crippen molar-refractivity contribution in [2.24, 2.45) is 0 Å². The Kier molecular flexibility index (Phi) is 5.61. The molecule has 0 unspecified atom stereocenters. The summed E-state index contributed by atoms with van der Waals surface area (Å²) in [7, 11) is 0. The van der Waals surface area contributed by atoms with Crippen LogP contribution in [0.25, 0.3) is 0 Å². The van der Waals surface area contributed by atoms with Gasteiger partial charge >= 0.3 is 0 Å². The number of hydrogen-bond acceptors (Lipinski definition) is 2. The summed E-state index contributed by atoms with van der Waals surface area (Å²) in [5.41, 5.74) is 5.45. The molecule has 0 aromatic heterocycles. The second kappa shape index (κ2) is 7.45. The summed E-state index contributed by atoms with van der Waals surface area (Å²) in [6.45, 7) is 6.76. The Labute approximate surface area is 140 Å². The summed E-state index contributed by atoms with van der Waals surface area (Å²) in [6, 6.07) is 12.0. The van der Waals surface area contributed by atoms with E-state index in [2.05, 4.69) is 52.5 Å². The highest BCUT2D eigenvalue weighted by molar-refractivity contribution is 9.10. The normalized spacial score (nSPS) is 10.4. The van der Waals surface area contributed by atoms with Crippen LogP contribution in [-0.2, 0) is 4.79 Å². The van der Waals surface area contributed by atoms with Crippen molar-refractivity contribution in [3.8, 4) is 0 Å². The second-order valence-electron chi connectivity index (χ2n) is 5.46. The quantitative estimate of drug-likeness (QED) is 0.802. The third-order valence-electron chi connectivity index (χ3n) is 3.58. The highest BCUT2D eigenvalue weighted by Crippen LogP contribution is 2.21. The van der Waals surface area contributed by atoms with Crippen molar-refractivity contribution < 1.29 is 4.79 Å². The molecule has 0 atom stereocenters. The molecule has 0 saturated carbocycles. The van der Waals surface area contributed by atoms with Crippen LogP contribution in [0.3, 0.4) is 0 Å². The molecule has 2 N–H and O–H groups in total. The third kappa shape index (κ3) is 4.34. The van der Waals surface area contributed by atoms with Gasteiger partial charge in [-0.1, -0.05) is 34.1 Å². The minimum atomic E-state index is 0.0143. The number of nitrogens with one attached hydrogen (secondary N) is 2. The number of aryl methyl sites for hydroxylation is 3. The number of carbonyl (C=O) groups is 1. The molecule has 0 aliphatic rings. The Morgan fingerprint density at radius 1 is 1.05 bits per heavy atom. The van der Waals surface area contributed by atoms with Gasteiger partial charge in [-0.3, -0.25) is 4.79 Å². The van der Waals surface area contributed by atoms with Crippen LogP contribution < -0.4 is 10.6 Å². The Morgan fingerprint density at radius 3 is 2.36 bits per heavy atom. The van der Waals surface area contributed by atoms with Crippen LogP contribution in [0.1, 0.15) is 23.1 Å². The molecule has 0 spiro atoms. The van der Waals surface area contributed by atoms with E-state index in [1.165, 1.54) is 11.1 Å². The average Bonchev–Trinajstić information content (AvgIpc) is 2.46. The van der Waals surface area contributed by atoms with Crippen LogP contribution in [0, 0.1) is 20.8 Å². The van der Waals surface area contributed by atoms with Crippen LogP contribution in [0.4, 0.5) is 11.4 Å². The molecule has 116 valence electrons. The summed E-state index contributed by atoms with van der Waals surface area (Å²) in [4.78, 5) is 12.0. The van der Waals surface area contributed by atoms with Gasteiger partial charge < -0.3 is 10.6 Å². The molecule has 2 rings (SSSR count). The summed E-state index contributed by atoms with van der Waals surface area (Å²) in [6.07, 6.45) is 0.433. The Hall–Kier alpha value is -1.81. The van der Waals surface area contributed by atoms with E-state index in [-0.39, 0.29) is 5.91 Å². The van der Waals surface area contributed by atoms with E-state index in [9.17, 15) is 4.79 Å². The van der Waals surface area contributed by atoms with E-state index in [0.717, 1.165) is 21.4 Å². The Morgan fingerprint density at radius 2 is 1.73 bits per heavy atom. The van der Waals surface area contributed by atoms with Crippen molar-refractivity contribution in [3.05, 3.63) is 57.6 Å². The zero-order valence-electron chi connectivity index (χ0n) is 13.2. The molecule has 22 heavy (non-hydrogen) atoms. The SMILES string of the molecule is Cc1cc(NC(=O)CCNc2c(C)cccc2C)ccc1Br. The zero-order valence-corrected chi connectivity index (χ0v) is 14.8. The Bertz CT molecular complexity index is 663. The molecule has 0 heterocycles. The lowest BCUT2D eigenvalue weighted by Gasteiger charge is -2.12. The lowest BCUT2D eigenvalue weighted by molar-refractivity contribution is -0.115. The minimum Gasteiger partial charge on any atom is -0.384 e. The van der Waals surface area contributed by atoms with Gasteiger partial charge in [0.1, 0.15) is 0 Å². The van der Waals surface area contributed by atoms with Crippen molar-refractivity contribution in [2.75, 3.05) is 17.2 Å². The van der Waals surface area contributed by atoms with Gasteiger partial charge in [0.05, 0.1) is 0 Å². The molecule has 0 radical (unpaired) electrons. The van der Waals surface area contributed by atoms with Crippen molar-refractivity contribution in [3.63, 3.8) is 0 Å². The number of rotatable bonds is 5. The Balaban J connectivity index is 1.86. The number of hydrogen-bond donors (Lipinski definition) is 2. The highest BCUT2D eigenvalue weighted by atomic mass is 79.9. The molecule has 0 bridgehead atoms. The number of halogens is 1. The van der Waals surface area contributed by atoms with Crippen LogP contribution >= 0.6 is 15.9 Å². The molecule has 0 aliphatic heterocycles. The predicted octanol–water partition coefficient (Wildman–Crippen LogP) is 4.82.